The molecule has 1 aliphatic heterocycles. The van der Waals surface area contributed by atoms with Crippen LogP contribution < -0.4 is 14.8 Å². The topological polar surface area (TPSA) is 94.2 Å². The lowest BCUT2D eigenvalue weighted by Crippen LogP contribution is -2.40. The third-order valence-corrected chi connectivity index (χ3v) is 7.52. The third-order valence-electron chi connectivity index (χ3n) is 5.63. The molecule has 1 saturated carbocycles. The average molecular weight is 461 g/mol. The normalized spacial score (nSPS) is 21.1. The monoisotopic (exact) mass is 460 g/mol. The third kappa shape index (κ3) is 5.06. The number of amides is 1. The Morgan fingerprint density at radius 3 is 2.41 bits per heavy atom. The number of nitrogens with one attached hydrogen (secondary N) is 1. The molecule has 32 heavy (non-hydrogen) atoms. The molecular weight excluding hydrogens is 432 g/mol. The summed E-state index contributed by atoms with van der Waals surface area (Å²) in [7, 11) is -3.71. The second kappa shape index (κ2) is 9.48. The van der Waals surface area contributed by atoms with Gasteiger partial charge in [-0.2, -0.15) is 4.31 Å². The average Bonchev–Trinajstić information content (AvgIpc) is 3.53. The number of carbonyl (C=O) groups is 1. The van der Waals surface area contributed by atoms with Crippen LogP contribution in [0, 0.1) is 11.8 Å². The van der Waals surface area contributed by atoms with Gasteiger partial charge in [-0.25, -0.2) is 8.42 Å². The molecule has 2 fully saturated rings. The van der Waals surface area contributed by atoms with Gasteiger partial charge < -0.3 is 19.5 Å². The first kappa shape index (κ1) is 22.6. The first-order chi connectivity index (χ1) is 15.4. The van der Waals surface area contributed by atoms with Gasteiger partial charge in [-0.05, 0) is 61.7 Å². The van der Waals surface area contributed by atoms with Crippen molar-refractivity contribution in [2.24, 2.45) is 11.8 Å². The zero-order chi connectivity index (χ0) is 22.7. The summed E-state index contributed by atoms with van der Waals surface area (Å²) in [6.45, 7) is 5.81. The summed E-state index contributed by atoms with van der Waals surface area (Å²) in [5.74, 6) is 1.78. The molecule has 2 aromatic carbocycles. The summed E-state index contributed by atoms with van der Waals surface area (Å²) < 4.78 is 44.3. The zero-order valence-corrected chi connectivity index (χ0v) is 19.1. The number of morpholine rings is 1. The van der Waals surface area contributed by atoms with Crippen LogP contribution >= 0.6 is 0 Å². The van der Waals surface area contributed by atoms with Crippen LogP contribution in [-0.4, -0.2) is 51.5 Å². The van der Waals surface area contributed by atoms with Gasteiger partial charge in [0.15, 0.2) is 5.75 Å². The van der Waals surface area contributed by atoms with Crippen molar-refractivity contribution in [2.45, 2.75) is 25.2 Å². The number of ether oxygens (including phenoxy) is 3. The lowest BCUT2D eigenvalue weighted by Gasteiger charge is -2.26. The minimum absolute atomic E-state index is 0.0622. The van der Waals surface area contributed by atoms with Gasteiger partial charge in [0.05, 0.1) is 30.4 Å². The highest BCUT2D eigenvalue weighted by atomic mass is 32.2. The van der Waals surface area contributed by atoms with Crippen LogP contribution in [0.3, 0.4) is 0 Å². The van der Waals surface area contributed by atoms with Crippen molar-refractivity contribution in [1.82, 2.24) is 4.31 Å². The summed E-state index contributed by atoms with van der Waals surface area (Å²) in [5.41, 5.74) is 0.331. The van der Waals surface area contributed by atoms with Gasteiger partial charge in [0, 0.05) is 19.0 Å². The van der Waals surface area contributed by atoms with Crippen LogP contribution in [0.4, 0.5) is 5.69 Å². The number of nitrogens with zero attached hydrogens (tertiary/aromatic N) is 1. The highest BCUT2D eigenvalue weighted by molar-refractivity contribution is 7.89. The Kier molecular flexibility index (Phi) is 6.68. The molecule has 0 spiro atoms. The highest BCUT2D eigenvalue weighted by Gasteiger charge is 2.39. The van der Waals surface area contributed by atoms with Crippen molar-refractivity contribution in [1.29, 1.82) is 0 Å². The molecule has 1 heterocycles. The molecule has 8 nitrogen and oxygen atoms in total. The summed E-state index contributed by atoms with van der Waals surface area (Å²) >= 11 is 0. The van der Waals surface area contributed by atoms with E-state index in [1.807, 2.05) is 13.8 Å². The molecule has 1 N–H and O–H groups in total. The molecule has 1 saturated heterocycles. The maximum Gasteiger partial charge on any atom is 0.243 e. The molecular formula is C23H28N2O6S. The quantitative estimate of drug-likeness (QED) is 0.648. The van der Waals surface area contributed by atoms with Crippen LogP contribution in [0.5, 0.6) is 17.2 Å². The van der Waals surface area contributed by atoms with E-state index in [0.717, 1.165) is 12.2 Å². The molecule has 1 amide bonds. The van der Waals surface area contributed by atoms with Crippen molar-refractivity contribution in [3.8, 4) is 17.2 Å². The maximum absolute atomic E-state index is 13.1. The fourth-order valence-corrected chi connectivity index (χ4v) is 5.04. The molecule has 0 aromatic heterocycles. The van der Waals surface area contributed by atoms with Gasteiger partial charge in [0.1, 0.15) is 11.5 Å². The van der Waals surface area contributed by atoms with E-state index in [1.54, 1.807) is 30.3 Å². The molecule has 2 atom stereocenters. The molecule has 0 unspecified atom stereocenters. The SMILES string of the molecule is CCOc1ccc(Oc2ccc(S(=O)(=O)N3CCOCC3)cc2NC(=O)[C@H]2C[C@@H]2C)cc1. The van der Waals surface area contributed by atoms with E-state index in [-0.39, 0.29) is 16.7 Å². The largest absolute Gasteiger partial charge is 0.494 e. The van der Waals surface area contributed by atoms with Gasteiger partial charge in [-0.3, -0.25) is 4.79 Å². The Morgan fingerprint density at radius 1 is 1.12 bits per heavy atom. The molecule has 4 rings (SSSR count). The van der Waals surface area contributed by atoms with Crippen molar-refractivity contribution < 1.29 is 27.4 Å². The van der Waals surface area contributed by atoms with Crippen molar-refractivity contribution in [3.05, 3.63) is 42.5 Å². The molecule has 0 radical (unpaired) electrons. The number of rotatable bonds is 8. The fourth-order valence-electron chi connectivity index (χ4n) is 3.60. The number of benzene rings is 2. The zero-order valence-electron chi connectivity index (χ0n) is 18.2. The van der Waals surface area contributed by atoms with E-state index in [0.29, 0.717) is 56.0 Å². The Morgan fingerprint density at radius 2 is 1.78 bits per heavy atom. The Bertz CT molecular complexity index is 1060. The minimum atomic E-state index is -3.71. The lowest BCUT2D eigenvalue weighted by atomic mass is 10.2. The Labute approximate surface area is 188 Å². The maximum atomic E-state index is 13.1. The molecule has 172 valence electrons. The Balaban J connectivity index is 1.61. The predicted octanol–water partition coefficient (Wildman–Crippen LogP) is 3.49. The molecule has 2 aliphatic rings. The van der Waals surface area contributed by atoms with E-state index in [9.17, 15) is 13.2 Å². The van der Waals surface area contributed by atoms with Crippen molar-refractivity contribution in [2.75, 3.05) is 38.2 Å². The van der Waals surface area contributed by atoms with Crippen LogP contribution in [0.15, 0.2) is 47.4 Å². The van der Waals surface area contributed by atoms with Gasteiger partial charge >= 0.3 is 0 Å². The minimum Gasteiger partial charge on any atom is -0.494 e. The van der Waals surface area contributed by atoms with Crippen LogP contribution in [0.25, 0.3) is 0 Å². The standard InChI is InChI=1S/C23H28N2O6S/c1-3-30-17-4-6-18(7-5-17)31-22-9-8-19(32(27,28)25-10-12-29-13-11-25)15-21(22)24-23(26)20-14-16(20)2/h4-9,15-16,20H,3,10-14H2,1-2H3,(H,24,26)/t16-,20-/m0/s1. The fraction of sp³-hybridized carbons (Fsp3) is 0.435. The number of carbonyl (C=O) groups excluding carboxylic acids is 1. The summed E-state index contributed by atoms with van der Waals surface area (Å²) in [5, 5.41) is 2.87. The first-order valence-electron chi connectivity index (χ1n) is 10.8. The highest BCUT2D eigenvalue weighted by Crippen LogP contribution is 2.40. The van der Waals surface area contributed by atoms with E-state index in [4.69, 9.17) is 14.2 Å². The van der Waals surface area contributed by atoms with Crippen molar-refractivity contribution >= 4 is 21.6 Å². The summed E-state index contributed by atoms with van der Waals surface area (Å²) in [6, 6.07) is 11.7. The van der Waals surface area contributed by atoms with Crippen LogP contribution in [0.1, 0.15) is 20.3 Å². The molecule has 1 aliphatic carbocycles. The molecule has 9 heteroatoms. The van der Waals surface area contributed by atoms with E-state index < -0.39 is 10.0 Å². The van der Waals surface area contributed by atoms with Crippen molar-refractivity contribution in [3.63, 3.8) is 0 Å². The smallest absolute Gasteiger partial charge is 0.243 e. The molecule has 0 bridgehead atoms. The van der Waals surface area contributed by atoms with Gasteiger partial charge in [0.25, 0.3) is 0 Å². The number of sulfonamides is 1. The van der Waals surface area contributed by atoms with Gasteiger partial charge in [-0.15, -0.1) is 0 Å². The van der Waals surface area contributed by atoms with Crippen LogP contribution in [-0.2, 0) is 19.6 Å². The number of hydrogen-bond donors (Lipinski definition) is 1. The number of hydrogen-bond acceptors (Lipinski definition) is 6. The summed E-state index contributed by atoms with van der Waals surface area (Å²) in [6.07, 6.45) is 0.826. The van der Waals surface area contributed by atoms with E-state index in [2.05, 4.69) is 5.32 Å². The van der Waals surface area contributed by atoms with Gasteiger partial charge in [-0.1, -0.05) is 6.92 Å². The van der Waals surface area contributed by atoms with E-state index >= 15 is 0 Å². The second-order valence-corrected chi connectivity index (χ2v) is 9.93. The molecule has 2 aromatic rings. The summed E-state index contributed by atoms with van der Waals surface area (Å²) in [4.78, 5) is 12.7. The lowest BCUT2D eigenvalue weighted by molar-refractivity contribution is -0.117. The predicted molar refractivity (Wildman–Crippen MR) is 120 cm³/mol. The van der Waals surface area contributed by atoms with E-state index in [1.165, 1.54) is 16.4 Å². The number of anilines is 1. The first-order valence-corrected chi connectivity index (χ1v) is 12.3. The van der Waals surface area contributed by atoms with Gasteiger partial charge in [0.2, 0.25) is 15.9 Å². The van der Waals surface area contributed by atoms with Crippen LogP contribution in [0.2, 0.25) is 0 Å². The second-order valence-electron chi connectivity index (χ2n) is 7.99. The Hall–Kier alpha value is -2.62.